The van der Waals surface area contributed by atoms with Crippen LogP contribution in [0.15, 0.2) is 22.6 Å². The summed E-state index contributed by atoms with van der Waals surface area (Å²) in [5.41, 5.74) is 6.22. The van der Waals surface area contributed by atoms with Gasteiger partial charge in [0.25, 0.3) is 0 Å². The van der Waals surface area contributed by atoms with Crippen LogP contribution in [0.5, 0.6) is 11.5 Å². The number of ether oxygens (including phenoxy) is 2. The van der Waals surface area contributed by atoms with E-state index in [2.05, 4.69) is 10.2 Å². The highest BCUT2D eigenvalue weighted by molar-refractivity contribution is 5.59. The van der Waals surface area contributed by atoms with Gasteiger partial charge in [0, 0.05) is 5.56 Å². The number of hydrogen-bond acceptors (Lipinski definition) is 6. The van der Waals surface area contributed by atoms with E-state index in [0.29, 0.717) is 36.5 Å². The number of benzene rings is 1. The van der Waals surface area contributed by atoms with Crippen molar-refractivity contribution in [3.05, 3.63) is 24.1 Å². The minimum atomic E-state index is 0.225. The van der Waals surface area contributed by atoms with E-state index >= 15 is 0 Å². The molecule has 0 atom stereocenters. The zero-order chi connectivity index (χ0) is 13.7. The van der Waals surface area contributed by atoms with Gasteiger partial charge >= 0.3 is 0 Å². The summed E-state index contributed by atoms with van der Waals surface area (Å²) < 4.78 is 16.4. The Balaban J connectivity index is 2.33. The molecule has 6 nitrogen and oxygen atoms in total. The van der Waals surface area contributed by atoms with Crippen LogP contribution in [0, 0.1) is 0 Å². The third kappa shape index (κ3) is 3.03. The SMILES string of the molecule is CCOc1ccc(-c2nnc(CN)o2)cc1OCC. The first-order chi connectivity index (χ1) is 9.28. The van der Waals surface area contributed by atoms with Crippen molar-refractivity contribution in [2.24, 2.45) is 5.73 Å². The molecule has 2 aromatic rings. The van der Waals surface area contributed by atoms with E-state index in [4.69, 9.17) is 19.6 Å². The fraction of sp³-hybridized carbons (Fsp3) is 0.385. The maximum atomic E-state index is 5.55. The summed E-state index contributed by atoms with van der Waals surface area (Å²) in [5, 5.41) is 7.77. The molecule has 19 heavy (non-hydrogen) atoms. The second-order valence-corrected chi connectivity index (χ2v) is 3.73. The van der Waals surface area contributed by atoms with Crippen molar-refractivity contribution in [1.82, 2.24) is 10.2 Å². The molecule has 1 aromatic carbocycles. The molecule has 2 rings (SSSR count). The quantitative estimate of drug-likeness (QED) is 0.858. The first kappa shape index (κ1) is 13.4. The van der Waals surface area contributed by atoms with Gasteiger partial charge in [-0.15, -0.1) is 10.2 Å². The lowest BCUT2D eigenvalue weighted by molar-refractivity contribution is 0.288. The van der Waals surface area contributed by atoms with Gasteiger partial charge < -0.3 is 19.6 Å². The Bertz CT molecular complexity index is 540. The van der Waals surface area contributed by atoms with E-state index in [0.717, 1.165) is 5.56 Å². The lowest BCUT2D eigenvalue weighted by Crippen LogP contribution is -1.98. The van der Waals surface area contributed by atoms with Crippen molar-refractivity contribution in [3.63, 3.8) is 0 Å². The number of aromatic nitrogens is 2. The van der Waals surface area contributed by atoms with Crippen molar-refractivity contribution in [1.29, 1.82) is 0 Å². The Morgan fingerprint density at radius 1 is 1.11 bits per heavy atom. The lowest BCUT2D eigenvalue weighted by Gasteiger charge is -2.11. The number of nitrogens with two attached hydrogens (primary N) is 1. The van der Waals surface area contributed by atoms with Crippen molar-refractivity contribution >= 4 is 0 Å². The molecule has 0 bridgehead atoms. The number of rotatable bonds is 6. The van der Waals surface area contributed by atoms with Crippen molar-refractivity contribution in [3.8, 4) is 23.0 Å². The van der Waals surface area contributed by atoms with Crippen LogP contribution >= 0.6 is 0 Å². The molecule has 0 aliphatic carbocycles. The van der Waals surface area contributed by atoms with E-state index in [9.17, 15) is 0 Å². The fourth-order valence-electron chi connectivity index (χ4n) is 1.64. The van der Waals surface area contributed by atoms with Gasteiger partial charge in [-0.05, 0) is 32.0 Å². The van der Waals surface area contributed by atoms with Crippen molar-refractivity contribution in [2.45, 2.75) is 20.4 Å². The maximum Gasteiger partial charge on any atom is 0.247 e. The molecule has 1 heterocycles. The smallest absolute Gasteiger partial charge is 0.247 e. The van der Waals surface area contributed by atoms with Gasteiger partial charge in [0.2, 0.25) is 11.8 Å². The van der Waals surface area contributed by atoms with Crippen LogP contribution in [-0.4, -0.2) is 23.4 Å². The van der Waals surface area contributed by atoms with Gasteiger partial charge in [0.05, 0.1) is 19.8 Å². The molecule has 6 heteroatoms. The highest BCUT2D eigenvalue weighted by Gasteiger charge is 2.12. The third-order valence-corrected chi connectivity index (χ3v) is 2.43. The molecule has 0 spiro atoms. The average Bonchev–Trinajstić information content (AvgIpc) is 2.90. The Kier molecular flexibility index (Phi) is 4.35. The summed E-state index contributed by atoms with van der Waals surface area (Å²) in [5.74, 6) is 2.19. The molecule has 0 saturated heterocycles. The minimum absolute atomic E-state index is 0.225. The standard InChI is InChI=1S/C13H17N3O3/c1-3-17-10-6-5-9(7-11(10)18-4-2)13-16-15-12(8-14)19-13/h5-7H,3-4,8,14H2,1-2H3. The Labute approximate surface area is 111 Å². The summed E-state index contributed by atoms with van der Waals surface area (Å²) in [6, 6.07) is 5.50. The van der Waals surface area contributed by atoms with Gasteiger partial charge in [-0.25, -0.2) is 0 Å². The van der Waals surface area contributed by atoms with E-state index in [1.54, 1.807) is 0 Å². The van der Waals surface area contributed by atoms with Crippen LogP contribution in [0.2, 0.25) is 0 Å². The number of nitrogens with zero attached hydrogens (tertiary/aromatic N) is 2. The van der Waals surface area contributed by atoms with Crippen LogP contribution in [0.25, 0.3) is 11.5 Å². The molecule has 0 unspecified atom stereocenters. The largest absolute Gasteiger partial charge is 0.490 e. The highest BCUT2D eigenvalue weighted by atomic mass is 16.5. The van der Waals surface area contributed by atoms with Crippen LogP contribution in [0.3, 0.4) is 0 Å². The maximum absolute atomic E-state index is 5.55. The van der Waals surface area contributed by atoms with E-state index in [-0.39, 0.29) is 6.54 Å². The molecule has 0 aliphatic heterocycles. The van der Waals surface area contributed by atoms with Gasteiger partial charge in [-0.2, -0.15) is 0 Å². The summed E-state index contributed by atoms with van der Waals surface area (Å²) >= 11 is 0. The van der Waals surface area contributed by atoms with Crippen molar-refractivity contribution < 1.29 is 13.9 Å². The zero-order valence-corrected chi connectivity index (χ0v) is 11.0. The highest BCUT2D eigenvalue weighted by Crippen LogP contribution is 2.32. The van der Waals surface area contributed by atoms with Crippen LogP contribution < -0.4 is 15.2 Å². The first-order valence-electron chi connectivity index (χ1n) is 6.21. The van der Waals surface area contributed by atoms with Gasteiger partial charge in [-0.1, -0.05) is 0 Å². The molecule has 1 aromatic heterocycles. The molecule has 102 valence electrons. The monoisotopic (exact) mass is 263 g/mol. The van der Waals surface area contributed by atoms with Gasteiger partial charge in [0.15, 0.2) is 11.5 Å². The summed E-state index contributed by atoms with van der Waals surface area (Å²) in [6.07, 6.45) is 0. The van der Waals surface area contributed by atoms with Crippen LogP contribution in [0.1, 0.15) is 19.7 Å². The second-order valence-electron chi connectivity index (χ2n) is 3.73. The number of hydrogen-bond donors (Lipinski definition) is 1. The van der Waals surface area contributed by atoms with Crippen molar-refractivity contribution in [2.75, 3.05) is 13.2 Å². The van der Waals surface area contributed by atoms with Gasteiger partial charge in [0.1, 0.15) is 0 Å². The Hall–Kier alpha value is -2.08. The summed E-state index contributed by atoms with van der Waals surface area (Å²) in [7, 11) is 0. The molecule has 0 amide bonds. The third-order valence-electron chi connectivity index (χ3n) is 2.43. The van der Waals surface area contributed by atoms with E-state index < -0.39 is 0 Å². The minimum Gasteiger partial charge on any atom is -0.490 e. The summed E-state index contributed by atoms with van der Waals surface area (Å²) in [6.45, 7) is 5.21. The van der Waals surface area contributed by atoms with E-state index in [1.165, 1.54) is 0 Å². The molecule has 0 aliphatic rings. The van der Waals surface area contributed by atoms with Crippen LogP contribution in [-0.2, 0) is 6.54 Å². The zero-order valence-electron chi connectivity index (χ0n) is 11.0. The topological polar surface area (TPSA) is 83.4 Å². The molecule has 0 radical (unpaired) electrons. The predicted molar refractivity (Wildman–Crippen MR) is 70.0 cm³/mol. The predicted octanol–water partition coefficient (Wildman–Crippen LogP) is 1.99. The molecule has 2 N–H and O–H groups in total. The molecular formula is C13H17N3O3. The lowest BCUT2D eigenvalue weighted by atomic mass is 10.2. The molecule has 0 fully saturated rings. The Morgan fingerprint density at radius 2 is 1.84 bits per heavy atom. The average molecular weight is 263 g/mol. The second kappa shape index (κ2) is 6.19. The molecule has 0 saturated carbocycles. The molecular weight excluding hydrogens is 246 g/mol. The first-order valence-corrected chi connectivity index (χ1v) is 6.21. The Morgan fingerprint density at radius 3 is 2.47 bits per heavy atom. The van der Waals surface area contributed by atoms with Crippen LogP contribution in [0.4, 0.5) is 0 Å². The van der Waals surface area contributed by atoms with Gasteiger partial charge in [-0.3, -0.25) is 0 Å². The normalized spacial score (nSPS) is 10.5. The van der Waals surface area contributed by atoms with E-state index in [1.807, 2.05) is 32.0 Å². The fourth-order valence-corrected chi connectivity index (χ4v) is 1.64. The summed E-state index contributed by atoms with van der Waals surface area (Å²) in [4.78, 5) is 0.